The van der Waals surface area contributed by atoms with E-state index in [4.69, 9.17) is 21.8 Å². The summed E-state index contributed by atoms with van der Waals surface area (Å²) in [6, 6.07) is 18.2. The second kappa shape index (κ2) is 14.1. The molecule has 6 heteroatoms. The van der Waals surface area contributed by atoms with Gasteiger partial charge in [-0.1, -0.05) is 80.8 Å². The van der Waals surface area contributed by atoms with Crippen molar-refractivity contribution in [1.82, 2.24) is 25.2 Å². The molecule has 0 bridgehead atoms. The fourth-order valence-electron chi connectivity index (χ4n) is 3.88. The molecule has 0 atom stereocenters. The first-order valence-electron chi connectivity index (χ1n) is 12.4. The molecule has 3 rings (SSSR count). The zero-order valence-corrected chi connectivity index (χ0v) is 20.9. The number of nitrogens with zero attached hydrogens (tertiary/aromatic N) is 4. The zero-order chi connectivity index (χ0) is 23.3. The van der Waals surface area contributed by atoms with Crippen molar-refractivity contribution in [1.29, 1.82) is 0 Å². The van der Waals surface area contributed by atoms with Crippen molar-refractivity contribution in [2.24, 2.45) is 0 Å². The first-order valence-corrected chi connectivity index (χ1v) is 12.7. The van der Waals surface area contributed by atoms with Crippen LogP contribution in [0.15, 0.2) is 54.6 Å². The molecule has 0 aliphatic carbocycles. The first-order chi connectivity index (χ1) is 16.2. The van der Waals surface area contributed by atoms with Gasteiger partial charge in [0.15, 0.2) is 0 Å². The lowest BCUT2D eigenvalue weighted by molar-refractivity contribution is 0.261. The van der Waals surface area contributed by atoms with E-state index in [1.807, 2.05) is 42.5 Å². The molecule has 3 aromatic rings. The molecule has 0 saturated heterocycles. The third-order valence-corrected chi connectivity index (χ3v) is 6.04. The van der Waals surface area contributed by atoms with E-state index in [0.29, 0.717) is 6.54 Å². The molecule has 0 aliphatic rings. The summed E-state index contributed by atoms with van der Waals surface area (Å²) in [6.07, 6.45) is 6.24. The number of hydrogen-bond donors (Lipinski definition) is 1. The van der Waals surface area contributed by atoms with Gasteiger partial charge in [0, 0.05) is 17.1 Å². The van der Waals surface area contributed by atoms with Crippen LogP contribution in [0, 0.1) is 0 Å². The Balaban J connectivity index is 1.58. The quantitative estimate of drug-likeness (QED) is 0.277. The molecular formula is C27H38ClN5. The summed E-state index contributed by atoms with van der Waals surface area (Å²) >= 11 is 6.03. The Labute approximate surface area is 204 Å². The van der Waals surface area contributed by atoms with Gasteiger partial charge in [-0.2, -0.15) is 15.0 Å². The van der Waals surface area contributed by atoms with Crippen LogP contribution in [-0.2, 0) is 13.1 Å². The molecular weight excluding hydrogens is 430 g/mol. The van der Waals surface area contributed by atoms with Crippen LogP contribution in [0.25, 0.3) is 11.3 Å². The molecule has 0 unspecified atom stereocenters. The highest BCUT2D eigenvalue weighted by atomic mass is 35.5. The van der Waals surface area contributed by atoms with E-state index in [-0.39, 0.29) is 0 Å². The van der Waals surface area contributed by atoms with Gasteiger partial charge in [0.25, 0.3) is 0 Å². The van der Waals surface area contributed by atoms with Crippen LogP contribution in [0.2, 0.25) is 5.02 Å². The minimum atomic E-state index is 0.626. The molecule has 1 heterocycles. The average molecular weight is 468 g/mol. The standard InChI is InChI=1S/C27H38ClN5/c1-3-5-18-32(19-6-4-2)20-10-17-29-21-26-27(24-11-8-7-9-12-24)31-33(30-26)22-23-13-15-25(28)16-14-23/h7-9,11-16,29H,3-6,10,17-22H2,1-2H3. The van der Waals surface area contributed by atoms with Gasteiger partial charge in [0.05, 0.1) is 6.54 Å². The van der Waals surface area contributed by atoms with Crippen LogP contribution in [0.3, 0.4) is 0 Å². The summed E-state index contributed by atoms with van der Waals surface area (Å²) in [7, 11) is 0. The Morgan fingerprint density at radius 3 is 2.18 bits per heavy atom. The Bertz CT molecular complexity index is 915. The SMILES string of the molecule is CCCCN(CCCC)CCCNCc1nn(Cc2ccc(Cl)cc2)nc1-c1ccccc1. The van der Waals surface area contributed by atoms with Crippen LogP contribution in [0.5, 0.6) is 0 Å². The van der Waals surface area contributed by atoms with Crippen molar-refractivity contribution >= 4 is 11.6 Å². The molecule has 2 aromatic carbocycles. The molecule has 0 fully saturated rings. The molecule has 5 nitrogen and oxygen atoms in total. The lowest BCUT2D eigenvalue weighted by Crippen LogP contribution is -2.29. The topological polar surface area (TPSA) is 46.0 Å². The number of rotatable bonds is 15. The van der Waals surface area contributed by atoms with Crippen LogP contribution in [-0.4, -0.2) is 46.1 Å². The monoisotopic (exact) mass is 467 g/mol. The first kappa shape index (κ1) is 25.4. The maximum Gasteiger partial charge on any atom is 0.117 e. The fraction of sp³-hybridized carbons (Fsp3) is 0.481. The molecule has 1 aromatic heterocycles. The van der Waals surface area contributed by atoms with Gasteiger partial charge < -0.3 is 10.2 Å². The molecule has 0 amide bonds. The van der Waals surface area contributed by atoms with E-state index in [1.54, 1.807) is 4.80 Å². The summed E-state index contributed by atoms with van der Waals surface area (Å²) in [4.78, 5) is 4.41. The molecule has 0 radical (unpaired) electrons. The van der Waals surface area contributed by atoms with Gasteiger partial charge in [0.2, 0.25) is 0 Å². The highest BCUT2D eigenvalue weighted by molar-refractivity contribution is 6.30. The zero-order valence-electron chi connectivity index (χ0n) is 20.1. The van der Waals surface area contributed by atoms with Crippen LogP contribution in [0.1, 0.15) is 57.2 Å². The van der Waals surface area contributed by atoms with Gasteiger partial charge in [-0.15, -0.1) is 0 Å². The predicted octanol–water partition coefficient (Wildman–Crippen LogP) is 6.03. The Morgan fingerprint density at radius 2 is 1.52 bits per heavy atom. The molecule has 1 N–H and O–H groups in total. The van der Waals surface area contributed by atoms with Gasteiger partial charge in [0.1, 0.15) is 11.4 Å². The minimum absolute atomic E-state index is 0.626. The maximum atomic E-state index is 6.03. The summed E-state index contributed by atoms with van der Waals surface area (Å²) in [5, 5.41) is 14.0. The summed E-state index contributed by atoms with van der Waals surface area (Å²) in [6.45, 7) is 10.4. The van der Waals surface area contributed by atoms with Gasteiger partial charge in [-0.3, -0.25) is 0 Å². The molecule has 0 aliphatic heterocycles. The van der Waals surface area contributed by atoms with E-state index in [1.165, 1.54) is 38.8 Å². The number of unbranched alkanes of at least 4 members (excludes halogenated alkanes) is 2. The van der Waals surface area contributed by atoms with Crippen molar-refractivity contribution in [3.05, 3.63) is 70.9 Å². The predicted molar refractivity (Wildman–Crippen MR) is 139 cm³/mol. The number of aromatic nitrogens is 3. The van der Waals surface area contributed by atoms with Gasteiger partial charge >= 0.3 is 0 Å². The van der Waals surface area contributed by atoms with Crippen molar-refractivity contribution < 1.29 is 0 Å². The third kappa shape index (κ3) is 8.58. The van der Waals surface area contributed by atoms with Crippen LogP contribution >= 0.6 is 11.6 Å². The Hall–Kier alpha value is -2.21. The van der Waals surface area contributed by atoms with Crippen molar-refractivity contribution in [2.75, 3.05) is 26.2 Å². The average Bonchev–Trinajstić information content (AvgIpc) is 3.24. The number of hydrogen-bond acceptors (Lipinski definition) is 4. The maximum absolute atomic E-state index is 6.03. The van der Waals surface area contributed by atoms with E-state index >= 15 is 0 Å². The summed E-state index contributed by atoms with van der Waals surface area (Å²) < 4.78 is 0. The van der Waals surface area contributed by atoms with Gasteiger partial charge in [-0.25, -0.2) is 0 Å². The van der Waals surface area contributed by atoms with Crippen LogP contribution < -0.4 is 5.32 Å². The smallest absolute Gasteiger partial charge is 0.117 e. The second-order valence-corrected chi connectivity index (χ2v) is 9.03. The van der Waals surface area contributed by atoms with E-state index < -0.39 is 0 Å². The fourth-order valence-corrected chi connectivity index (χ4v) is 4.00. The van der Waals surface area contributed by atoms with Crippen molar-refractivity contribution in [3.8, 4) is 11.3 Å². The number of halogens is 1. The summed E-state index contributed by atoms with van der Waals surface area (Å²) in [5.41, 5.74) is 4.17. The van der Waals surface area contributed by atoms with E-state index in [0.717, 1.165) is 53.6 Å². The lowest BCUT2D eigenvalue weighted by Gasteiger charge is -2.21. The number of benzene rings is 2. The van der Waals surface area contributed by atoms with E-state index in [9.17, 15) is 0 Å². The second-order valence-electron chi connectivity index (χ2n) is 8.60. The van der Waals surface area contributed by atoms with E-state index in [2.05, 4.69) is 36.2 Å². The summed E-state index contributed by atoms with van der Waals surface area (Å²) in [5.74, 6) is 0. The Kier molecular flexibility index (Phi) is 10.9. The molecule has 0 spiro atoms. The van der Waals surface area contributed by atoms with Crippen LogP contribution in [0.4, 0.5) is 0 Å². The lowest BCUT2D eigenvalue weighted by atomic mass is 10.1. The van der Waals surface area contributed by atoms with Gasteiger partial charge in [-0.05, 0) is 63.1 Å². The number of nitrogens with one attached hydrogen (secondary N) is 1. The molecule has 33 heavy (non-hydrogen) atoms. The minimum Gasteiger partial charge on any atom is -0.311 e. The normalized spacial score (nSPS) is 11.4. The highest BCUT2D eigenvalue weighted by Crippen LogP contribution is 2.20. The molecule has 0 saturated carbocycles. The van der Waals surface area contributed by atoms with Crippen molar-refractivity contribution in [2.45, 2.75) is 59.0 Å². The Morgan fingerprint density at radius 1 is 0.848 bits per heavy atom. The molecule has 178 valence electrons. The highest BCUT2D eigenvalue weighted by Gasteiger charge is 2.13. The van der Waals surface area contributed by atoms with Crippen molar-refractivity contribution in [3.63, 3.8) is 0 Å². The largest absolute Gasteiger partial charge is 0.311 e. The third-order valence-electron chi connectivity index (χ3n) is 5.79.